The zero-order valence-electron chi connectivity index (χ0n) is 7.61. The van der Waals surface area contributed by atoms with Gasteiger partial charge < -0.3 is 5.11 Å². The van der Waals surface area contributed by atoms with Gasteiger partial charge in [-0.2, -0.15) is 0 Å². The maximum atomic E-state index is 11.4. The van der Waals surface area contributed by atoms with Crippen molar-refractivity contribution in [3.63, 3.8) is 0 Å². The number of aromatic nitrogens is 2. The summed E-state index contributed by atoms with van der Waals surface area (Å²) in [6.45, 7) is 0. The van der Waals surface area contributed by atoms with Gasteiger partial charge in [-0.25, -0.2) is 4.79 Å². The molecule has 0 atom stereocenters. The molecule has 0 spiro atoms. The molecule has 6 heteroatoms. The lowest BCUT2D eigenvalue weighted by molar-refractivity contribution is 0.442. The van der Waals surface area contributed by atoms with Crippen LogP contribution in [0.4, 0.5) is 0 Å². The van der Waals surface area contributed by atoms with Crippen molar-refractivity contribution in [2.24, 2.45) is 0 Å². The second kappa shape index (κ2) is 3.74. The van der Waals surface area contributed by atoms with Gasteiger partial charge in [-0.05, 0) is 11.4 Å². The van der Waals surface area contributed by atoms with Gasteiger partial charge >= 0.3 is 5.69 Å². The Hall–Kier alpha value is -1.82. The molecule has 15 heavy (non-hydrogen) atoms. The monoisotopic (exact) mass is 224 g/mol. The van der Waals surface area contributed by atoms with Crippen LogP contribution < -0.4 is 11.2 Å². The van der Waals surface area contributed by atoms with Crippen molar-refractivity contribution >= 4 is 11.3 Å². The number of aromatic amines is 2. The van der Waals surface area contributed by atoms with Gasteiger partial charge in [-0.15, -0.1) is 11.3 Å². The van der Waals surface area contributed by atoms with Gasteiger partial charge in [0.15, 0.2) is 0 Å². The largest absolute Gasteiger partial charge is 0.494 e. The fourth-order valence-electron chi connectivity index (χ4n) is 1.25. The zero-order chi connectivity index (χ0) is 10.8. The topological polar surface area (TPSA) is 85.9 Å². The van der Waals surface area contributed by atoms with Crippen LogP contribution in [0.2, 0.25) is 0 Å². The lowest BCUT2D eigenvalue weighted by atomic mass is 10.2. The minimum Gasteiger partial charge on any atom is -0.494 e. The summed E-state index contributed by atoms with van der Waals surface area (Å²) in [4.78, 5) is 27.3. The highest BCUT2D eigenvalue weighted by atomic mass is 32.1. The first-order chi connectivity index (χ1) is 7.16. The van der Waals surface area contributed by atoms with Crippen LogP contribution in [0.25, 0.3) is 0 Å². The summed E-state index contributed by atoms with van der Waals surface area (Å²) in [5.74, 6) is -0.364. The Bertz CT molecular complexity index is 568. The maximum Gasteiger partial charge on any atom is 0.328 e. The van der Waals surface area contributed by atoms with E-state index in [0.29, 0.717) is 6.42 Å². The van der Waals surface area contributed by atoms with E-state index < -0.39 is 11.2 Å². The molecule has 2 aromatic rings. The molecule has 0 aliphatic carbocycles. The smallest absolute Gasteiger partial charge is 0.328 e. The van der Waals surface area contributed by atoms with E-state index in [1.807, 2.05) is 17.5 Å². The van der Waals surface area contributed by atoms with Crippen LogP contribution >= 0.6 is 11.3 Å². The van der Waals surface area contributed by atoms with Crippen molar-refractivity contribution < 1.29 is 5.11 Å². The second-order valence-corrected chi connectivity index (χ2v) is 4.02. The Kier molecular flexibility index (Phi) is 2.42. The van der Waals surface area contributed by atoms with Gasteiger partial charge in [-0.1, -0.05) is 6.07 Å². The molecule has 0 amide bonds. The number of rotatable bonds is 2. The second-order valence-electron chi connectivity index (χ2n) is 2.99. The molecule has 2 rings (SSSR count). The predicted octanol–water partition coefficient (Wildman–Crippen LogP) is 0.421. The number of nitrogens with one attached hydrogen (secondary N) is 2. The lowest BCUT2D eigenvalue weighted by Gasteiger charge is -1.99. The van der Waals surface area contributed by atoms with Crippen LogP contribution in [0.15, 0.2) is 27.1 Å². The van der Waals surface area contributed by atoms with E-state index in [1.54, 1.807) is 0 Å². The number of hydrogen-bond donors (Lipinski definition) is 3. The van der Waals surface area contributed by atoms with Crippen molar-refractivity contribution in [2.45, 2.75) is 6.42 Å². The fourth-order valence-corrected chi connectivity index (χ4v) is 1.97. The molecule has 0 radical (unpaired) electrons. The normalized spacial score (nSPS) is 10.4. The third-order valence-electron chi connectivity index (χ3n) is 1.95. The highest BCUT2D eigenvalue weighted by Crippen LogP contribution is 2.16. The first-order valence-electron chi connectivity index (χ1n) is 4.23. The average Bonchev–Trinajstić information content (AvgIpc) is 2.63. The molecule has 0 unspecified atom stereocenters. The Balaban J connectivity index is 2.45. The van der Waals surface area contributed by atoms with Gasteiger partial charge in [0.25, 0.3) is 5.56 Å². The van der Waals surface area contributed by atoms with E-state index in [-0.39, 0.29) is 11.4 Å². The van der Waals surface area contributed by atoms with Crippen molar-refractivity contribution in [1.82, 2.24) is 9.97 Å². The average molecular weight is 224 g/mol. The summed E-state index contributed by atoms with van der Waals surface area (Å²) < 4.78 is 0. The highest BCUT2D eigenvalue weighted by Gasteiger charge is 2.09. The maximum absolute atomic E-state index is 11.4. The van der Waals surface area contributed by atoms with Gasteiger partial charge in [0, 0.05) is 11.3 Å². The van der Waals surface area contributed by atoms with Gasteiger partial charge in [0.05, 0.1) is 5.56 Å². The highest BCUT2D eigenvalue weighted by molar-refractivity contribution is 7.09. The SMILES string of the molecule is O=c1[nH]c(O)c(Cc2cccs2)c(=O)[nH]1. The van der Waals surface area contributed by atoms with Crippen LogP contribution in [0.3, 0.4) is 0 Å². The van der Waals surface area contributed by atoms with E-state index in [4.69, 9.17) is 0 Å². The minimum absolute atomic E-state index is 0.178. The van der Waals surface area contributed by atoms with E-state index in [0.717, 1.165) is 4.88 Å². The van der Waals surface area contributed by atoms with Crippen LogP contribution in [-0.2, 0) is 6.42 Å². The molecule has 0 saturated heterocycles. The van der Waals surface area contributed by atoms with Crippen molar-refractivity contribution in [3.8, 4) is 5.88 Å². The number of thiophene rings is 1. The summed E-state index contributed by atoms with van der Waals surface area (Å²) in [5, 5.41) is 11.3. The van der Waals surface area contributed by atoms with E-state index in [2.05, 4.69) is 9.97 Å². The molecule has 0 saturated carbocycles. The van der Waals surface area contributed by atoms with E-state index in [9.17, 15) is 14.7 Å². The van der Waals surface area contributed by atoms with Crippen LogP contribution in [0, 0.1) is 0 Å². The van der Waals surface area contributed by atoms with Crippen LogP contribution in [-0.4, -0.2) is 15.1 Å². The number of hydrogen-bond acceptors (Lipinski definition) is 4. The molecule has 3 N–H and O–H groups in total. The molecule has 2 aromatic heterocycles. The van der Waals surface area contributed by atoms with E-state index in [1.165, 1.54) is 11.3 Å². The van der Waals surface area contributed by atoms with Crippen molar-refractivity contribution in [1.29, 1.82) is 0 Å². The van der Waals surface area contributed by atoms with Crippen molar-refractivity contribution in [3.05, 3.63) is 48.8 Å². The Morgan fingerprint density at radius 1 is 1.33 bits per heavy atom. The van der Waals surface area contributed by atoms with E-state index >= 15 is 0 Å². The third kappa shape index (κ3) is 1.99. The summed E-state index contributed by atoms with van der Waals surface area (Å²) in [6.07, 6.45) is 0.315. The molecule has 0 fully saturated rings. The molecule has 0 aromatic carbocycles. The van der Waals surface area contributed by atoms with Crippen molar-refractivity contribution in [2.75, 3.05) is 0 Å². The lowest BCUT2D eigenvalue weighted by Crippen LogP contribution is -2.25. The summed E-state index contributed by atoms with van der Waals surface area (Å²) in [5.41, 5.74) is -1.07. The van der Waals surface area contributed by atoms with Crippen LogP contribution in [0.1, 0.15) is 10.4 Å². The van der Waals surface area contributed by atoms with Gasteiger partial charge in [-0.3, -0.25) is 14.8 Å². The predicted molar refractivity (Wildman–Crippen MR) is 56.5 cm³/mol. The Labute approximate surface area is 88.1 Å². The number of aromatic hydroxyl groups is 1. The first-order valence-corrected chi connectivity index (χ1v) is 5.11. The molecular formula is C9H8N2O3S. The Morgan fingerprint density at radius 3 is 2.73 bits per heavy atom. The molecule has 5 nitrogen and oxygen atoms in total. The quantitative estimate of drug-likeness (QED) is 0.691. The Morgan fingerprint density at radius 2 is 2.13 bits per heavy atom. The standard InChI is InChI=1S/C9H8N2O3S/c12-7-6(4-5-2-1-3-15-5)8(13)11-9(14)10-7/h1-3H,4H2,(H3,10,11,12,13,14). The fraction of sp³-hybridized carbons (Fsp3) is 0.111. The summed E-state index contributed by atoms with van der Waals surface area (Å²) in [6, 6.07) is 3.71. The van der Waals surface area contributed by atoms with Crippen LogP contribution in [0.5, 0.6) is 5.88 Å². The minimum atomic E-state index is -0.701. The van der Waals surface area contributed by atoms with Gasteiger partial charge in [0.2, 0.25) is 5.88 Å². The molecule has 78 valence electrons. The van der Waals surface area contributed by atoms with Gasteiger partial charge in [0.1, 0.15) is 0 Å². The molecule has 0 aliphatic rings. The molecule has 0 bridgehead atoms. The third-order valence-corrected chi connectivity index (χ3v) is 2.83. The molecule has 0 aliphatic heterocycles. The number of H-pyrrole nitrogens is 2. The molecule has 2 heterocycles. The summed E-state index contributed by atoms with van der Waals surface area (Å²) >= 11 is 1.48. The summed E-state index contributed by atoms with van der Waals surface area (Å²) in [7, 11) is 0. The first kappa shape index (κ1) is 9.72. The zero-order valence-corrected chi connectivity index (χ0v) is 8.43. The molecular weight excluding hydrogens is 216 g/mol.